The van der Waals surface area contributed by atoms with Gasteiger partial charge >= 0.3 is 7.60 Å². The lowest BCUT2D eigenvalue weighted by Gasteiger charge is -2.05. The van der Waals surface area contributed by atoms with E-state index in [2.05, 4.69) is 5.32 Å². The minimum absolute atomic E-state index is 0.218. The van der Waals surface area contributed by atoms with E-state index in [-0.39, 0.29) is 6.29 Å². The van der Waals surface area contributed by atoms with Crippen LogP contribution < -0.4 is 11.1 Å². The van der Waals surface area contributed by atoms with Crippen molar-refractivity contribution in [2.24, 2.45) is 5.73 Å². The molecule has 0 amide bonds. The van der Waals surface area contributed by atoms with Crippen molar-refractivity contribution in [1.29, 1.82) is 0 Å². The van der Waals surface area contributed by atoms with Crippen molar-refractivity contribution < 1.29 is 14.4 Å². The normalized spacial score (nSPS) is 11.9. The largest absolute Gasteiger partial charge is 0.339 e. The molecule has 6 heteroatoms. The molecule has 0 aliphatic rings. The van der Waals surface area contributed by atoms with Gasteiger partial charge < -0.3 is 20.8 Å². The molecule has 80 valence electrons. The van der Waals surface area contributed by atoms with Crippen LogP contribution in [-0.4, -0.2) is 29.2 Å². The summed E-state index contributed by atoms with van der Waals surface area (Å²) in [6.45, 7) is 1.38. The maximum absolute atomic E-state index is 10.4. The summed E-state index contributed by atoms with van der Waals surface area (Å²) < 4.78 is 10.4. The van der Waals surface area contributed by atoms with Crippen molar-refractivity contribution in [3.63, 3.8) is 0 Å². The second-order valence-corrected chi connectivity index (χ2v) is 4.67. The molecule has 0 aromatic heterocycles. The number of nitrogens with one attached hydrogen (secondary N) is 1. The molecule has 0 rings (SSSR count). The van der Waals surface area contributed by atoms with E-state index in [1.807, 2.05) is 0 Å². The second-order valence-electron chi connectivity index (χ2n) is 3.03. The minimum atomic E-state index is -3.86. The topological polar surface area (TPSA) is 95.6 Å². The van der Waals surface area contributed by atoms with E-state index in [9.17, 15) is 4.57 Å². The number of rotatable bonds is 8. The van der Waals surface area contributed by atoms with Gasteiger partial charge in [0, 0.05) is 0 Å². The average Bonchev–Trinajstić information content (AvgIpc) is 2.01. The van der Waals surface area contributed by atoms with Crippen molar-refractivity contribution in [2.45, 2.75) is 25.7 Å². The number of nitrogens with two attached hydrogens (primary N) is 1. The highest BCUT2D eigenvalue weighted by atomic mass is 31.2. The molecule has 0 aromatic carbocycles. The molecule has 13 heavy (non-hydrogen) atoms. The van der Waals surface area contributed by atoms with Gasteiger partial charge in [0.1, 0.15) is 0 Å². The summed E-state index contributed by atoms with van der Waals surface area (Å²) in [4.78, 5) is 17.0. The predicted molar refractivity (Wildman–Crippen MR) is 52.4 cm³/mol. The lowest BCUT2D eigenvalue weighted by Crippen LogP contribution is -2.16. The highest BCUT2D eigenvalue weighted by molar-refractivity contribution is 7.51. The molecule has 0 atom stereocenters. The van der Waals surface area contributed by atoms with Crippen LogP contribution in [0, 0.1) is 0 Å². The summed E-state index contributed by atoms with van der Waals surface area (Å²) in [5.74, 6) is 0. The summed E-state index contributed by atoms with van der Waals surface area (Å²) in [5, 5.41) is 2.71. The zero-order chi connectivity index (χ0) is 10.2. The first-order chi connectivity index (χ1) is 6.06. The first-order valence-electron chi connectivity index (χ1n) is 4.51. The molecule has 5 N–H and O–H groups in total. The van der Waals surface area contributed by atoms with E-state index >= 15 is 0 Å². The Balaban J connectivity index is 3.04. The summed E-state index contributed by atoms with van der Waals surface area (Å²) in [7, 11) is -3.86. The average molecular weight is 210 g/mol. The van der Waals surface area contributed by atoms with Gasteiger partial charge in [0.05, 0.1) is 6.29 Å². The Morgan fingerprint density at radius 2 is 1.77 bits per heavy atom. The third-order valence-corrected chi connectivity index (χ3v) is 2.26. The third-order valence-electron chi connectivity index (χ3n) is 1.63. The predicted octanol–water partition coefficient (Wildman–Crippen LogP) is 0.230. The molecule has 0 aliphatic heterocycles. The second kappa shape index (κ2) is 7.47. The van der Waals surface area contributed by atoms with Crippen LogP contribution in [-0.2, 0) is 4.57 Å². The van der Waals surface area contributed by atoms with E-state index in [1.165, 1.54) is 0 Å². The van der Waals surface area contributed by atoms with Gasteiger partial charge in [0.25, 0.3) is 0 Å². The Hall–Kier alpha value is 0.0700. The van der Waals surface area contributed by atoms with E-state index < -0.39 is 7.60 Å². The standard InChI is InChI=1S/C7H19N2O3P/c8-5-3-1-2-4-6-9-7-13(10,11)12/h9H,1-8H2,(H2,10,11,12). The fourth-order valence-corrected chi connectivity index (χ4v) is 1.42. The summed E-state index contributed by atoms with van der Waals surface area (Å²) in [5.41, 5.74) is 5.31. The third kappa shape index (κ3) is 12.1. The SMILES string of the molecule is NCCCCCCNCP(=O)(O)O. The maximum atomic E-state index is 10.4. The zero-order valence-corrected chi connectivity index (χ0v) is 8.67. The molecule has 5 nitrogen and oxygen atoms in total. The summed E-state index contributed by atoms with van der Waals surface area (Å²) in [6, 6.07) is 0. The molecule has 0 saturated carbocycles. The first-order valence-corrected chi connectivity index (χ1v) is 6.31. The van der Waals surface area contributed by atoms with E-state index in [1.54, 1.807) is 0 Å². The van der Waals surface area contributed by atoms with Gasteiger partial charge in [-0.1, -0.05) is 12.8 Å². The minimum Gasteiger partial charge on any atom is -0.330 e. The van der Waals surface area contributed by atoms with E-state index in [0.717, 1.165) is 32.2 Å². The fraction of sp³-hybridized carbons (Fsp3) is 1.00. The van der Waals surface area contributed by atoms with Crippen molar-refractivity contribution >= 4 is 7.60 Å². The van der Waals surface area contributed by atoms with Crippen LogP contribution in [0.25, 0.3) is 0 Å². The van der Waals surface area contributed by atoms with Crippen LogP contribution in [0.3, 0.4) is 0 Å². The molecule has 0 radical (unpaired) electrons. The van der Waals surface area contributed by atoms with Gasteiger partial charge in [-0.2, -0.15) is 0 Å². The van der Waals surface area contributed by atoms with Gasteiger partial charge in [-0.3, -0.25) is 4.57 Å². The van der Waals surface area contributed by atoms with Crippen molar-refractivity contribution in [2.75, 3.05) is 19.4 Å². The molecule has 0 spiro atoms. The Bertz CT molecular complexity index is 160. The Morgan fingerprint density at radius 1 is 1.15 bits per heavy atom. The molecule has 0 aromatic rings. The zero-order valence-electron chi connectivity index (χ0n) is 7.78. The van der Waals surface area contributed by atoms with Crippen LogP contribution in [0.1, 0.15) is 25.7 Å². The molecule has 0 aliphatic carbocycles. The molecular formula is C7H19N2O3P. The van der Waals surface area contributed by atoms with Crippen molar-refractivity contribution in [3.05, 3.63) is 0 Å². The van der Waals surface area contributed by atoms with Crippen LogP contribution in [0.15, 0.2) is 0 Å². The molecule has 0 saturated heterocycles. The Labute approximate surface area is 78.9 Å². The Morgan fingerprint density at radius 3 is 2.31 bits per heavy atom. The molecule has 0 unspecified atom stereocenters. The Kier molecular flexibility index (Phi) is 7.51. The van der Waals surface area contributed by atoms with Gasteiger partial charge in [0.15, 0.2) is 0 Å². The van der Waals surface area contributed by atoms with Gasteiger partial charge in [-0.15, -0.1) is 0 Å². The number of unbranched alkanes of at least 4 members (excludes halogenated alkanes) is 3. The van der Waals surface area contributed by atoms with Crippen LogP contribution >= 0.6 is 7.60 Å². The maximum Gasteiger partial charge on any atom is 0.339 e. The fourth-order valence-electron chi connectivity index (χ4n) is 0.973. The molecular weight excluding hydrogens is 191 g/mol. The van der Waals surface area contributed by atoms with Gasteiger partial charge in [0.2, 0.25) is 0 Å². The lowest BCUT2D eigenvalue weighted by atomic mass is 10.2. The highest BCUT2D eigenvalue weighted by Gasteiger charge is 2.10. The van der Waals surface area contributed by atoms with Crippen molar-refractivity contribution in [1.82, 2.24) is 5.32 Å². The van der Waals surface area contributed by atoms with E-state index in [0.29, 0.717) is 6.54 Å². The van der Waals surface area contributed by atoms with Crippen molar-refractivity contribution in [3.8, 4) is 0 Å². The molecule has 0 fully saturated rings. The van der Waals surface area contributed by atoms with Crippen LogP contribution in [0.4, 0.5) is 0 Å². The quantitative estimate of drug-likeness (QED) is 0.340. The molecule has 0 heterocycles. The van der Waals surface area contributed by atoms with Crippen LogP contribution in [0.2, 0.25) is 0 Å². The van der Waals surface area contributed by atoms with E-state index in [4.69, 9.17) is 15.5 Å². The monoisotopic (exact) mass is 210 g/mol. The van der Waals surface area contributed by atoms with Gasteiger partial charge in [-0.05, 0) is 25.9 Å². The van der Waals surface area contributed by atoms with Gasteiger partial charge in [-0.25, -0.2) is 0 Å². The summed E-state index contributed by atoms with van der Waals surface area (Å²) in [6.07, 6.45) is 3.90. The summed E-state index contributed by atoms with van der Waals surface area (Å²) >= 11 is 0. The highest BCUT2D eigenvalue weighted by Crippen LogP contribution is 2.31. The number of hydrogen-bond donors (Lipinski definition) is 4. The lowest BCUT2D eigenvalue weighted by molar-refractivity contribution is 0.367. The molecule has 0 bridgehead atoms. The van der Waals surface area contributed by atoms with Crippen LogP contribution in [0.5, 0.6) is 0 Å². The first kappa shape index (κ1) is 13.1. The number of hydrogen-bond acceptors (Lipinski definition) is 3. The smallest absolute Gasteiger partial charge is 0.330 e.